The highest BCUT2D eigenvalue weighted by molar-refractivity contribution is 6.01. The fourth-order valence-electron chi connectivity index (χ4n) is 2.24. The average molecular weight is 268 g/mol. The summed E-state index contributed by atoms with van der Waals surface area (Å²) in [5.41, 5.74) is 1.38. The Kier molecular flexibility index (Phi) is 8.31. The monoisotopic (exact) mass is 268 g/mol. The van der Waals surface area contributed by atoms with E-state index in [0.717, 1.165) is 0 Å². The molecule has 3 aromatic carbocycles. The maximum Gasteiger partial charge on any atom is -0.0148 e. The number of rotatable bonds is 0. The Morgan fingerprint density at radius 1 is 0.600 bits per heavy atom. The van der Waals surface area contributed by atoms with E-state index in [1.807, 2.05) is 27.7 Å². The van der Waals surface area contributed by atoms with Gasteiger partial charge in [0.1, 0.15) is 0 Å². The van der Waals surface area contributed by atoms with E-state index < -0.39 is 0 Å². The van der Waals surface area contributed by atoms with Gasteiger partial charge in [0.25, 0.3) is 0 Å². The SMILES string of the molecule is C.CC.CC.Cc1c2ccccc2cc2ccccc12. The van der Waals surface area contributed by atoms with Crippen molar-refractivity contribution in [1.29, 1.82) is 0 Å². The molecule has 0 saturated carbocycles. The molecule has 108 valence electrons. The highest BCUT2D eigenvalue weighted by Crippen LogP contribution is 2.27. The first kappa shape index (κ1) is 18.2. The highest BCUT2D eigenvalue weighted by atomic mass is 14.1. The van der Waals surface area contributed by atoms with Crippen molar-refractivity contribution in [2.75, 3.05) is 0 Å². The molecule has 20 heavy (non-hydrogen) atoms. The summed E-state index contributed by atoms with van der Waals surface area (Å²) in [7, 11) is 0. The van der Waals surface area contributed by atoms with Gasteiger partial charge >= 0.3 is 0 Å². The van der Waals surface area contributed by atoms with Crippen LogP contribution in [0.2, 0.25) is 0 Å². The van der Waals surface area contributed by atoms with Gasteiger partial charge in [-0.05, 0) is 40.1 Å². The molecular formula is C20H28. The Bertz CT molecular complexity index is 582. The lowest BCUT2D eigenvalue weighted by atomic mass is 9.98. The number of hydrogen-bond acceptors (Lipinski definition) is 0. The molecule has 3 aromatic rings. The lowest BCUT2D eigenvalue weighted by molar-refractivity contribution is 1.50. The van der Waals surface area contributed by atoms with E-state index in [0.29, 0.717) is 0 Å². The van der Waals surface area contributed by atoms with Crippen molar-refractivity contribution in [2.24, 2.45) is 0 Å². The van der Waals surface area contributed by atoms with Gasteiger partial charge in [-0.25, -0.2) is 0 Å². The van der Waals surface area contributed by atoms with Crippen LogP contribution in [0.3, 0.4) is 0 Å². The molecule has 0 heteroatoms. The zero-order chi connectivity index (χ0) is 14.3. The lowest BCUT2D eigenvalue weighted by Crippen LogP contribution is -1.81. The predicted octanol–water partition coefficient (Wildman–Crippen LogP) is 6.99. The van der Waals surface area contributed by atoms with Crippen molar-refractivity contribution in [2.45, 2.75) is 42.0 Å². The minimum absolute atomic E-state index is 0. The van der Waals surface area contributed by atoms with Crippen molar-refractivity contribution in [3.05, 3.63) is 60.2 Å². The van der Waals surface area contributed by atoms with E-state index in [1.165, 1.54) is 27.1 Å². The first-order valence-electron chi connectivity index (χ1n) is 7.23. The van der Waals surface area contributed by atoms with Crippen LogP contribution in [0.15, 0.2) is 54.6 Å². The molecule has 0 saturated heterocycles. The van der Waals surface area contributed by atoms with E-state index in [9.17, 15) is 0 Å². The van der Waals surface area contributed by atoms with Crippen LogP contribution in [-0.4, -0.2) is 0 Å². The molecule has 0 unspecified atom stereocenters. The maximum atomic E-state index is 2.26. The molecule has 0 atom stereocenters. The first-order valence-corrected chi connectivity index (χ1v) is 7.23. The van der Waals surface area contributed by atoms with E-state index in [-0.39, 0.29) is 7.43 Å². The molecule has 3 rings (SSSR count). The quantitative estimate of drug-likeness (QED) is 0.385. The molecule has 0 aliphatic carbocycles. The molecule has 0 aliphatic rings. The maximum absolute atomic E-state index is 2.26. The van der Waals surface area contributed by atoms with Gasteiger partial charge in [-0.3, -0.25) is 0 Å². The van der Waals surface area contributed by atoms with Crippen LogP contribution in [0.5, 0.6) is 0 Å². The van der Waals surface area contributed by atoms with E-state index >= 15 is 0 Å². The molecular weight excluding hydrogens is 240 g/mol. The fourth-order valence-corrected chi connectivity index (χ4v) is 2.24. The topological polar surface area (TPSA) is 0 Å². The fraction of sp³-hybridized carbons (Fsp3) is 0.300. The van der Waals surface area contributed by atoms with Crippen LogP contribution in [0, 0.1) is 6.92 Å². The Morgan fingerprint density at radius 2 is 0.950 bits per heavy atom. The van der Waals surface area contributed by atoms with Gasteiger partial charge in [-0.1, -0.05) is 83.7 Å². The van der Waals surface area contributed by atoms with Crippen molar-refractivity contribution >= 4 is 21.5 Å². The largest absolute Gasteiger partial charge is 0.0776 e. The van der Waals surface area contributed by atoms with Crippen molar-refractivity contribution in [3.63, 3.8) is 0 Å². The normalized spacial score (nSPS) is 8.85. The number of hydrogen-bond donors (Lipinski definition) is 0. The molecule has 0 aliphatic heterocycles. The molecule has 0 amide bonds. The van der Waals surface area contributed by atoms with Gasteiger partial charge in [0.05, 0.1) is 0 Å². The molecule has 0 spiro atoms. The third-order valence-corrected chi connectivity index (χ3v) is 3.04. The molecule has 0 radical (unpaired) electrons. The molecule has 0 aromatic heterocycles. The summed E-state index contributed by atoms with van der Waals surface area (Å²) in [6.07, 6.45) is 0. The molecule has 0 fully saturated rings. The van der Waals surface area contributed by atoms with Crippen LogP contribution >= 0.6 is 0 Å². The lowest BCUT2D eigenvalue weighted by Gasteiger charge is -2.06. The van der Waals surface area contributed by atoms with Crippen LogP contribution in [0.25, 0.3) is 21.5 Å². The minimum Gasteiger partial charge on any atom is -0.0776 e. The Balaban J connectivity index is 0.000000667. The third kappa shape index (κ3) is 3.60. The van der Waals surface area contributed by atoms with Crippen LogP contribution in [-0.2, 0) is 0 Å². The Labute approximate surface area is 124 Å². The van der Waals surface area contributed by atoms with Gasteiger partial charge in [-0.15, -0.1) is 0 Å². The van der Waals surface area contributed by atoms with E-state index in [1.54, 1.807) is 0 Å². The van der Waals surface area contributed by atoms with Gasteiger partial charge in [-0.2, -0.15) is 0 Å². The second-order valence-corrected chi connectivity index (χ2v) is 3.94. The summed E-state index contributed by atoms with van der Waals surface area (Å²) >= 11 is 0. The van der Waals surface area contributed by atoms with E-state index in [2.05, 4.69) is 61.5 Å². The summed E-state index contributed by atoms with van der Waals surface area (Å²) in [6.45, 7) is 10.2. The standard InChI is InChI=1S/C15H12.2C2H6.CH4/c1-11-14-8-4-2-6-12(14)10-13-7-3-5-9-15(11)13;2*1-2;/h2-10H,1H3;2*1-2H3;1H4. The Morgan fingerprint density at radius 3 is 1.35 bits per heavy atom. The van der Waals surface area contributed by atoms with Crippen LogP contribution < -0.4 is 0 Å². The second kappa shape index (κ2) is 9.14. The highest BCUT2D eigenvalue weighted by Gasteiger charge is 2.01. The predicted molar refractivity (Wildman–Crippen MR) is 95.6 cm³/mol. The molecule has 0 heterocycles. The van der Waals surface area contributed by atoms with Crippen LogP contribution in [0.4, 0.5) is 0 Å². The summed E-state index contributed by atoms with van der Waals surface area (Å²) in [5.74, 6) is 0. The summed E-state index contributed by atoms with van der Waals surface area (Å²) in [5, 5.41) is 5.37. The van der Waals surface area contributed by atoms with Gasteiger partial charge in [0, 0.05) is 0 Å². The number of aryl methyl sites for hydroxylation is 1. The molecule has 0 nitrogen and oxygen atoms in total. The summed E-state index contributed by atoms with van der Waals surface area (Å²) < 4.78 is 0. The van der Waals surface area contributed by atoms with Crippen LogP contribution in [0.1, 0.15) is 40.7 Å². The number of fused-ring (bicyclic) bond motifs is 2. The summed E-state index contributed by atoms with van der Waals surface area (Å²) in [4.78, 5) is 0. The minimum atomic E-state index is 0. The smallest absolute Gasteiger partial charge is 0.0148 e. The van der Waals surface area contributed by atoms with E-state index in [4.69, 9.17) is 0 Å². The van der Waals surface area contributed by atoms with Gasteiger partial charge < -0.3 is 0 Å². The average Bonchev–Trinajstić information content (AvgIpc) is 2.52. The zero-order valence-corrected chi connectivity index (χ0v) is 12.7. The molecule has 0 N–H and O–H groups in total. The zero-order valence-electron chi connectivity index (χ0n) is 12.7. The number of benzene rings is 3. The van der Waals surface area contributed by atoms with Crippen molar-refractivity contribution in [1.82, 2.24) is 0 Å². The second-order valence-electron chi connectivity index (χ2n) is 3.94. The van der Waals surface area contributed by atoms with Gasteiger partial charge in [0.15, 0.2) is 0 Å². The van der Waals surface area contributed by atoms with Crippen molar-refractivity contribution in [3.8, 4) is 0 Å². The molecule has 0 bridgehead atoms. The van der Waals surface area contributed by atoms with Crippen molar-refractivity contribution < 1.29 is 0 Å². The third-order valence-electron chi connectivity index (χ3n) is 3.04. The van der Waals surface area contributed by atoms with Gasteiger partial charge in [0.2, 0.25) is 0 Å². The first-order chi connectivity index (χ1) is 9.36. The summed E-state index contributed by atoms with van der Waals surface area (Å²) in [6, 6.07) is 19.4. The Hall–Kier alpha value is -1.82.